The van der Waals surface area contributed by atoms with E-state index in [1.54, 1.807) is 6.07 Å². The molecule has 0 aliphatic heterocycles. The molecule has 0 saturated carbocycles. The van der Waals surface area contributed by atoms with E-state index in [-0.39, 0.29) is 0 Å². The summed E-state index contributed by atoms with van der Waals surface area (Å²) in [5.74, 6) is 1.45. The van der Waals surface area contributed by atoms with Crippen molar-refractivity contribution in [1.82, 2.24) is 5.32 Å². The van der Waals surface area contributed by atoms with Gasteiger partial charge in [-0.1, -0.05) is 30.3 Å². The summed E-state index contributed by atoms with van der Waals surface area (Å²) >= 11 is 1.83. The fourth-order valence-corrected chi connectivity index (χ4v) is 2.71. The predicted molar refractivity (Wildman–Crippen MR) is 80.3 cm³/mol. The van der Waals surface area contributed by atoms with Crippen LogP contribution in [0.15, 0.2) is 36.4 Å². The van der Waals surface area contributed by atoms with Crippen LogP contribution < -0.4 is 5.32 Å². The molecular weight excluding hydrogens is 242 g/mol. The van der Waals surface area contributed by atoms with Crippen LogP contribution in [-0.2, 0) is 6.54 Å². The number of nitrogens with one attached hydrogen (secondary N) is 1. The van der Waals surface area contributed by atoms with Crippen LogP contribution >= 0.6 is 11.8 Å². The Morgan fingerprint density at radius 1 is 1.22 bits per heavy atom. The van der Waals surface area contributed by atoms with Gasteiger partial charge in [0.05, 0.1) is 0 Å². The first-order chi connectivity index (χ1) is 8.72. The van der Waals surface area contributed by atoms with E-state index in [2.05, 4.69) is 30.6 Å². The molecule has 0 aliphatic rings. The number of hydrogen-bond acceptors (Lipinski definition) is 3. The van der Waals surface area contributed by atoms with Gasteiger partial charge >= 0.3 is 0 Å². The molecule has 0 saturated heterocycles. The van der Waals surface area contributed by atoms with Crippen molar-refractivity contribution in [3.8, 4) is 5.75 Å². The molecule has 0 aromatic heterocycles. The minimum Gasteiger partial charge on any atom is -0.508 e. The molecular formula is C15H19NOS. The van der Waals surface area contributed by atoms with Gasteiger partial charge in [0.15, 0.2) is 0 Å². The zero-order chi connectivity index (χ0) is 13.0. The Morgan fingerprint density at radius 3 is 2.78 bits per heavy atom. The molecule has 0 aliphatic carbocycles. The molecule has 0 spiro atoms. The summed E-state index contributed by atoms with van der Waals surface area (Å²) in [6.45, 7) is 2.87. The van der Waals surface area contributed by atoms with E-state index in [9.17, 15) is 5.11 Å². The maximum Gasteiger partial charge on any atom is 0.120 e. The molecule has 1 atom stereocenters. The van der Waals surface area contributed by atoms with Gasteiger partial charge in [-0.25, -0.2) is 0 Å². The third-order valence-electron chi connectivity index (χ3n) is 3.06. The second-order valence-electron chi connectivity index (χ2n) is 4.52. The number of phenols is 1. The standard InChI is InChI=1S/C15H19NOS/c1-11(10-18-2)16-9-14-13-6-4-3-5-12(13)7-8-15(14)17/h3-8,11,16-17H,9-10H2,1-2H3. The average Bonchev–Trinajstić information content (AvgIpc) is 2.38. The Bertz CT molecular complexity index is 527. The zero-order valence-corrected chi connectivity index (χ0v) is 11.6. The van der Waals surface area contributed by atoms with Crippen LogP contribution in [0.25, 0.3) is 10.8 Å². The summed E-state index contributed by atoms with van der Waals surface area (Å²) in [5, 5.41) is 15.8. The third-order valence-corrected chi connectivity index (χ3v) is 3.89. The van der Waals surface area contributed by atoms with Crippen molar-refractivity contribution >= 4 is 22.5 Å². The van der Waals surface area contributed by atoms with Crippen molar-refractivity contribution in [3.05, 3.63) is 42.0 Å². The zero-order valence-electron chi connectivity index (χ0n) is 10.8. The van der Waals surface area contributed by atoms with Crippen molar-refractivity contribution < 1.29 is 5.11 Å². The normalized spacial score (nSPS) is 12.8. The number of aromatic hydroxyl groups is 1. The van der Waals surface area contributed by atoms with Gasteiger partial charge in [-0.2, -0.15) is 11.8 Å². The highest BCUT2D eigenvalue weighted by Crippen LogP contribution is 2.26. The van der Waals surface area contributed by atoms with Gasteiger partial charge in [-0.15, -0.1) is 0 Å². The molecule has 1 unspecified atom stereocenters. The molecule has 0 heterocycles. The Hall–Kier alpha value is -1.19. The Morgan fingerprint density at radius 2 is 2.00 bits per heavy atom. The highest BCUT2D eigenvalue weighted by Gasteiger charge is 2.08. The van der Waals surface area contributed by atoms with Gasteiger partial charge in [0.25, 0.3) is 0 Å². The van der Waals surface area contributed by atoms with E-state index < -0.39 is 0 Å². The maximum absolute atomic E-state index is 10.0. The molecule has 2 aromatic carbocycles. The van der Waals surface area contributed by atoms with E-state index in [1.165, 1.54) is 5.39 Å². The highest BCUT2D eigenvalue weighted by molar-refractivity contribution is 7.98. The van der Waals surface area contributed by atoms with Gasteiger partial charge in [-0.3, -0.25) is 0 Å². The second-order valence-corrected chi connectivity index (χ2v) is 5.43. The van der Waals surface area contributed by atoms with Crippen LogP contribution in [0.3, 0.4) is 0 Å². The summed E-state index contributed by atoms with van der Waals surface area (Å²) in [4.78, 5) is 0. The van der Waals surface area contributed by atoms with Crippen LogP contribution in [0, 0.1) is 0 Å². The molecule has 18 heavy (non-hydrogen) atoms. The predicted octanol–water partition coefficient (Wildman–Crippen LogP) is 3.39. The summed E-state index contributed by atoms with van der Waals surface area (Å²) in [5.41, 5.74) is 0.987. The quantitative estimate of drug-likeness (QED) is 0.865. The highest BCUT2D eigenvalue weighted by atomic mass is 32.2. The lowest BCUT2D eigenvalue weighted by atomic mass is 10.0. The lowest BCUT2D eigenvalue weighted by Gasteiger charge is -2.14. The lowest BCUT2D eigenvalue weighted by Crippen LogP contribution is -2.27. The maximum atomic E-state index is 10.0. The van der Waals surface area contributed by atoms with Crippen LogP contribution in [0.2, 0.25) is 0 Å². The smallest absolute Gasteiger partial charge is 0.120 e. The lowest BCUT2D eigenvalue weighted by molar-refractivity contribution is 0.463. The fraction of sp³-hybridized carbons (Fsp3) is 0.333. The number of phenolic OH excluding ortho intramolecular Hbond substituents is 1. The summed E-state index contributed by atoms with van der Waals surface area (Å²) in [6, 6.07) is 12.3. The van der Waals surface area contributed by atoms with E-state index in [4.69, 9.17) is 0 Å². The monoisotopic (exact) mass is 261 g/mol. The Balaban J connectivity index is 2.23. The summed E-state index contributed by atoms with van der Waals surface area (Å²) in [6.07, 6.45) is 2.10. The average molecular weight is 261 g/mol. The topological polar surface area (TPSA) is 32.3 Å². The number of thioether (sulfide) groups is 1. The minimum absolute atomic E-state index is 0.373. The largest absolute Gasteiger partial charge is 0.508 e. The van der Waals surface area contributed by atoms with Crippen LogP contribution in [0.5, 0.6) is 5.75 Å². The van der Waals surface area contributed by atoms with Crippen molar-refractivity contribution in [2.45, 2.75) is 19.5 Å². The first kappa shape index (κ1) is 13.2. The minimum atomic E-state index is 0.373. The van der Waals surface area contributed by atoms with Gasteiger partial charge in [0.2, 0.25) is 0 Å². The third kappa shape index (κ3) is 2.98. The number of rotatable bonds is 5. The molecule has 2 aromatic rings. The molecule has 96 valence electrons. The number of benzene rings is 2. The van der Waals surface area contributed by atoms with Crippen LogP contribution in [0.4, 0.5) is 0 Å². The van der Waals surface area contributed by atoms with E-state index in [0.29, 0.717) is 18.3 Å². The molecule has 3 heteroatoms. The molecule has 2 nitrogen and oxygen atoms in total. The van der Waals surface area contributed by atoms with Gasteiger partial charge in [-0.05, 0) is 30.0 Å². The molecule has 0 radical (unpaired) electrons. The molecule has 2 rings (SSSR count). The Kier molecular flexibility index (Phi) is 4.50. The van der Waals surface area contributed by atoms with E-state index >= 15 is 0 Å². The molecule has 0 amide bonds. The SMILES string of the molecule is CSCC(C)NCc1c(O)ccc2ccccc12. The summed E-state index contributed by atoms with van der Waals surface area (Å²) < 4.78 is 0. The fourth-order valence-electron chi connectivity index (χ4n) is 2.10. The van der Waals surface area contributed by atoms with Gasteiger partial charge in [0, 0.05) is 23.9 Å². The van der Waals surface area contributed by atoms with E-state index in [0.717, 1.165) is 16.7 Å². The second kappa shape index (κ2) is 6.12. The molecule has 2 N–H and O–H groups in total. The van der Waals surface area contributed by atoms with Gasteiger partial charge < -0.3 is 10.4 Å². The van der Waals surface area contributed by atoms with Crippen molar-refractivity contribution in [2.24, 2.45) is 0 Å². The molecule has 0 bridgehead atoms. The Labute approximate surface area is 112 Å². The first-order valence-electron chi connectivity index (χ1n) is 6.14. The number of hydrogen-bond donors (Lipinski definition) is 2. The van der Waals surface area contributed by atoms with Crippen LogP contribution in [-0.4, -0.2) is 23.2 Å². The van der Waals surface area contributed by atoms with E-state index in [1.807, 2.05) is 30.0 Å². The van der Waals surface area contributed by atoms with Crippen molar-refractivity contribution in [3.63, 3.8) is 0 Å². The van der Waals surface area contributed by atoms with Crippen molar-refractivity contribution in [2.75, 3.05) is 12.0 Å². The number of fused-ring (bicyclic) bond motifs is 1. The van der Waals surface area contributed by atoms with Gasteiger partial charge in [0.1, 0.15) is 5.75 Å². The summed E-state index contributed by atoms with van der Waals surface area (Å²) in [7, 11) is 0. The van der Waals surface area contributed by atoms with Crippen LogP contribution in [0.1, 0.15) is 12.5 Å². The molecule has 0 fully saturated rings. The van der Waals surface area contributed by atoms with Crippen molar-refractivity contribution in [1.29, 1.82) is 0 Å². The first-order valence-corrected chi connectivity index (χ1v) is 7.53.